The van der Waals surface area contributed by atoms with Crippen LogP contribution >= 0.6 is 23.2 Å². The van der Waals surface area contributed by atoms with E-state index in [0.29, 0.717) is 33.4 Å². The zero-order valence-electron chi connectivity index (χ0n) is 21.7. The second kappa shape index (κ2) is 12.7. The minimum Gasteiger partial charge on any atom is -0.355 e. The van der Waals surface area contributed by atoms with Gasteiger partial charge in [-0.15, -0.1) is 0 Å². The van der Waals surface area contributed by atoms with E-state index in [0.717, 1.165) is 9.87 Å². The molecular weight excluding hydrogens is 545 g/mol. The summed E-state index contributed by atoms with van der Waals surface area (Å²) in [5.74, 6) is -0.926. The molecule has 7 nitrogen and oxygen atoms in total. The van der Waals surface area contributed by atoms with Gasteiger partial charge in [0, 0.05) is 23.1 Å². The maximum atomic E-state index is 13.9. The van der Waals surface area contributed by atoms with E-state index < -0.39 is 28.5 Å². The summed E-state index contributed by atoms with van der Waals surface area (Å²) in [6.07, 6.45) is 0. The first kappa shape index (κ1) is 29.5. The fourth-order valence-electron chi connectivity index (χ4n) is 3.96. The summed E-state index contributed by atoms with van der Waals surface area (Å²) in [4.78, 5) is 28.1. The molecule has 3 aromatic rings. The van der Waals surface area contributed by atoms with E-state index >= 15 is 0 Å². The minimum absolute atomic E-state index is 0.0147. The zero-order valence-corrected chi connectivity index (χ0v) is 24.1. The number of carbonyl (C=O) groups excluding carboxylic acids is 2. The average Bonchev–Trinajstić information content (AvgIpc) is 2.88. The molecular formula is C28H31Cl2N3O4S. The van der Waals surface area contributed by atoms with Gasteiger partial charge in [0.1, 0.15) is 12.6 Å². The normalized spacial score (nSPS) is 12.1. The van der Waals surface area contributed by atoms with Crippen LogP contribution in [0, 0.1) is 13.8 Å². The van der Waals surface area contributed by atoms with Crippen LogP contribution in [0.4, 0.5) is 5.69 Å². The molecule has 0 unspecified atom stereocenters. The maximum Gasteiger partial charge on any atom is 0.264 e. The Kier molecular flexibility index (Phi) is 9.82. The molecule has 0 aliphatic rings. The Morgan fingerprint density at radius 3 is 2.29 bits per heavy atom. The highest BCUT2D eigenvalue weighted by Crippen LogP contribution is 2.29. The van der Waals surface area contributed by atoms with Crippen molar-refractivity contribution >= 4 is 50.7 Å². The molecule has 0 heterocycles. The maximum absolute atomic E-state index is 13.9. The molecule has 10 heteroatoms. The van der Waals surface area contributed by atoms with Crippen LogP contribution in [-0.2, 0) is 26.2 Å². The van der Waals surface area contributed by atoms with Crippen molar-refractivity contribution in [1.82, 2.24) is 10.2 Å². The van der Waals surface area contributed by atoms with Gasteiger partial charge in [-0.2, -0.15) is 0 Å². The molecule has 0 fully saturated rings. The number of nitrogens with one attached hydrogen (secondary N) is 1. The smallest absolute Gasteiger partial charge is 0.264 e. The van der Waals surface area contributed by atoms with Crippen LogP contribution in [0.2, 0.25) is 10.0 Å². The lowest BCUT2D eigenvalue weighted by Gasteiger charge is -2.32. The Hall–Kier alpha value is -3.07. The summed E-state index contributed by atoms with van der Waals surface area (Å²) in [5.41, 5.74) is 2.49. The molecule has 38 heavy (non-hydrogen) atoms. The van der Waals surface area contributed by atoms with Gasteiger partial charge in [-0.05, 0) is 74.7 Å². The van der Waals surface area contributed by atoms with Crippen molar-refractivity contribution in [2.24, 2.45) is 0 Å². The predicted octanol–water partition coefficient (Wildman–Crippen LogP) is 5.36. The van der Waals surface area contributed by atoms with Gasteiger partial charge >= 0.3 is 0 Å². The number of likely N-dealkylation sites (N-methyl/N-ethyl adjacent to an activating group) is 1. The third-order valence-corrected chi connectivity index (χ3v) is 8.48. The van der Waals surface area contributed by atoms with Gasteiger partial charge in [0.05, 0.1) is 10.6 Å². The van der Waals surface area contributed by atoms with Crippen LogP contribution in [0.1, 0.15) is 30.5 Å². The van der Waals surface area contributed by atoms with Gasteiger partial charge in [-0.25, -0.2) is 8.42 Å². The molecule has 0 aliphatic heterocycles. The van der Waals surface area contributed by atoms with Crippen molar-refractivity contribution in [3.63, 3.8) is 0 Å². The van der Waals surface area contributed by atoms with Crippen molar-refractivity contribution in [2.75, 3.05) is 17.4 Å². The predicted molar refractivity (Wildman–Crippen MR) is 152 cm³/mol. The van der Waals surface area contributed by atoms with E-state index in [1.54, 1.807) is 63.2 Å². The standard InChI is InChI=1S/C28H31Cl2N3O4S/c1-5-31-28(35)21(4)32(17-22-13-14-23(29)16-25(22)30)27(34)18-33(26-15-19(2)11-12-20(26)3)38(36,37)24-9-7-6-8-10-24/h6-16,21H,5,17-18H2,1-4H3,(H,31,35)/t21-/m0/s1. The quantitative estimate of drug-likeness (QED) is 0.352. The van der Waals surface area contributed by atoms with Crippen LogP contribution < -0.4 is 9.62 Å². The number of nitrogens with zero attached hydrogens (tertiary/aromatic N) is 2. The summed E-state index contributed by atoms with van der Waals surface area (Å²) in [7, 11) is -4.12. The molecule has 0 saturated carbocycles. The highest BCUT2D eigenvalue weighted by atomic mass is 35.5. The summed E-state index contributed by atoms with van der Waals surface area (Å²) in [6.45, 7) is 6.86. The number of carbonyl (C=O) groups is 2. The Morgan fingerprint density at radius 2 is 1.66 bits per heavy atom. The van der Waals surface area contributed by atoms with E-state index in [1.807, 2.05) is 19.1 Å². The molecule has 0 aliphatic carbocycles. The van der Waals surface area contributed by atoms with Crippen LogP contribution in [0.25, 0.3) is 0 Å². The van der Waals surface area contributed by atoms with E-state index in [1.165, 1.54) is 17.0 Å². The summed E-state index contributed by atoms with van der Waals surface area (Å²) in [6, 6.07) is 17.3. The summed E-state index contributed by atoms with van der Waals surface area (Å²) < 4.78 is 28.8. The van der Waals surface area contributed by atoms with Crippen LogP contribution in [0.5, 0.6) is 0 Å². The molecule has 1 N–H and O–H groups in total. The van der Waals surface area contributed by atoms with Crippen LogP contribution in [0.3, 0.4) is 0 Å². The SMILES string of the molecule is CCNC(=O)[C@H](C)N(Cc1ccc(Cl)cc1Cl)C(=O)CN(c1cc(C)ccc1C)S(=O)(=O)c1ccccc1. The Balaban J connectivity index is 2.08. The fraction of sp³-hybridized carbons (Fsp3) is 0.286. The van der Waals surface area contributed by atoms with E-state index in [4.69, 9.17) is 23.2 Å². The highest BCUT2D eigenvalue weighted by molar-refractivity contribution is 7.92. The third kappa shape index (κ3) is 6.87. The molecule has 0 aromatic heterocycles. The molecule has 202 valence electrons. The molecule has 0 spiro atoms. The first-order chi connectivity index (χ1) is 17.9. The van der Waals surface area contributed by atoms with Crippen molar-refractivity contribution in [1.29, 1.82) is 0 Å². The van der Waals surface area contributed by atoms with Crippen molar-refractivity contribution < 1.29 is 18.0 Å². The lowest BCUT2D eigenvalue weighted by molar-refractivity contribution is -0.139. The molecule has 1 atom stereocenters. The molecule has 0 saturated heterocycles. The lowest BCUT2D eigenvalue weighted by atomic mass is 10.1. The number of rotatable bonds is 10. The topological polar surface area (TPSA) is 86.8 Å². The molecule has 0 bridgehead atoms. The largest absolute Gasteiger partial charge is 0.355 e. The number of benzene rings is 3. The van der Waals surface area contributed by atoms with Gasteiger partial charge in [-0.3, -0.25) is 13.9 Å². The van der Waals surface area contributed by atoms with E-state index in [9.17, 15) is 18.0 Å². The number of amides is 2. The molecule has 3 rings (SSSR count). The first-order valence-electron chi connectivity index (χ1n) is 12.1. The summed E-state index contributed by atoms with van der Waals surface area (Å²) in [5, 5.41) is 3.50. The average molecular weight is 577 g/mol. The Bertz CT molecular complexity index is 1410. The second-order valence-corrected chi connectivity index (χ2v) is 11.6. The number of halogens is 2. The summed E-state index contributed by atoms with van der Waals surface area (Å²) >= 11 is 12.4. The van der Waals surface area contributed by atoms with Crippen molar-refractivity contribution in [3.05, 3.63) is 93.5 Å². The number of aryl methyl sites for hydroxylation is 2. The first-order valence-corrected chi connectivity index (χ1v) is 14.3. The van der Waals surface area contributed by atoms with Crippen molar-refractivity contribution in [2.45, 2.75) is 45.2 Å². The molecule has 0 radical (unpaired) electrons. The number of hydrogen-bond acceptors (Lipinski definition) is 4. The van der Waals surface area contributed by atoms with Crippen LogP contribution in [0.15, 0.2) is 71.6 Å². The highest BCUT2D eigenvalue weighted by Gasteiger charge is 2.33. The van der Waals surface area contributed by atoms with Gasteiger partial charge in [0.25, 0.3) is 10.0 Å². The Labute approximate surface area is 234 Å². The van der Waals surface area contributed by atoms with E-state index in [2.05, 4.69) is 5.32 Å². The van der Waals surface area contributed by atoms with Crippen molar-refractivity contribution in [3.8, 4) is 0 Å². The van der Waals surface area contributed by atoms with Gasteiger partial charge in [0.2, 0.25) is 11.8 Å². The fourth-order valence-corrected chi connectivity index (χ4v) is 5.92. The number of hydrogen-bond donors (Lipinski definition) is 1. The third-order valence-electron chi connectivity index (χ3n) is 6.12. The van der Waals surface area contributed by atoms with Gasteiger partial charge in [-0.1, -0.05) is 59.6 Å². The molecule has 2 amide bonds. The van der Waals surface area contributed by atoms with E-state index in [-0.39, 0.29) is 17.3 Å². The monoisotopic (exact) mass is 575 g/mol. The minimum atomic E-state index is -4.12. The number of anilines is 1. The van der Waals surface area contributed by atoms with Crippen LogP contribution in [-0.4, -0.2) is 44.3 Å². The number of sulfonamides is 1. The van der Waals surface area contributed by atoms with Gasteiger partial charge in [0.15, 0.2) is 0 Å². The Morgan fingerprint density at radius 1 is 0.974 bits per heavy atom. The molecule has 3 aromatic carbocycles. The second-order valence-electron chi connectivity index (χ2n) is 8.94. The van der Waals surface area contributed by atoms with Gasteiger partial charge < -0.3 is 10.2 Å². The zero-order chi connectivity index (χ0) is 28.0. The lowest BCUT2D eigenvalue weighted by Crippen LogP contribution is -2.51.